The smallest absolute Gasteiger partial charge is 0.287 e. The first-order valence-corrected chi connectivity index (χ1v) is 5.70. The Hall–Kier alpha value is -2.63. The van der Waals surface area contributed by atoms with E-state index in [-0.39, 0.29) is 23.7 Å². The van der Waals surface area contributed by atoms with Crippen LogP contribution in [0.25, 0.3) is 0 Å². The number of nitro groups is 1. The van der Waals surface area contributed by atoms with Crippen molar-refractivity contribution in [2.24, 2.45) is 0 Å². The third-order valence-corrected chi connectivity index (χ3v) is 2.76. The maximum absolute atomic E-state index is 12.0. The molecule has 98 valence electrons. The lowest BCUT2D eigenvalue weighted by atomic mass is 10.2. The largest absolute Gasteiger partial charge is 0.367 e. The van der Waals surface area contributed by atoms with Gasteiger partial charge in [0, 0.05) is 18.8 Å². The van der Waals surface area contributed by atoms with Crippen LogP contribution in [0.3, 0.4) is 0 Å². The van der Waals surface area contributed by atoms with Crippen LogP contribution in [0.1, 0.15) is 10.5 Å². The van der Waals surface area contributed by atoms with Crippen molar-refractivity contribution in [1.29, 1.82) is 0 Å². The van der Waals surface area contributed by atoms with Crippen LogP contribution in [0, 0.1) is 10.1 Å². The van der Waals surface area contributed by atoms with Crippen LogP contribution >= 0.6 is 0 Å². The number of carbonyl (C=O) groups excluding carboxylic acids is 1. The molecule has 0 unspecified atom stereocenters. The fourth-order valence-corrected chi connectivity index (χ4v) is 1.72. The highest BCUT2D eigenvalue weighted by atomic mass is 16.6. The van der Waals surface area contributed by atoms with Crippen molar-refractivity contribution >= 4 is 17.2 Å². The Kier molecular flexibility index (Phi) is 3.61. The van der Waals surface area contributed by atoms with Gasteiger partial charge >= 0.3 is 0 Å². The van der Waals surface area contributed by atoms with Gasteiger partial charge in [0.25, 0.3) is 5.69 Å². The molecule has 0 aliphatic heterocycles. The normalized spacial score (nSPS) is 10.2. The second kappa shape index (κ2) is 5.34. The molecule has 6 heteroatoms. The van der Waals surface area contributed by atoms with Crippen LogP contribution in [0.4, 0.5) is 11.4 Å². The standard InChI is InChI=1S/C13H13N3O3/c1-15(10-5-3-2-4-6-10)9-13(17)12-7-11(8-14-12)16(18)19/h2-8,14H,9H2,1H3. The van der Waals surface area contributed by atoms with E-state index in [4.69, 9.17) is 0 Å². The highest BCUT2D eigenvalue weighted by molar-refractivity contribution is 5.98. The number of aromatic amines is 1. The molecule has 0 radical (unpaired) electrons. The first kappa shape index (κ1) is 12.8. The van der Waals surface area contributed by atoms with Crippen molar-refractivity contribution in [3.05, 3.63) is 58.4 Å². The van der Waals surface area contributed by atoms with E-state index in [9.17, 15) is 14.9 Å². The molecule has 0 saturated carbocycles. The fourth-order valence-electron chi connectivity index (χ4n) is 1.72. The number of carbonyl (C=O) groups is 1. The van der Waals surface area contributed by atoms with Gasteiger partial charge in [-0.05, 0) is 12.1 Å². The number of likely N-dealkylation sites (N-methyl/N-ethyl adjacent to an activating group) is 1. The lowest BCUT2D eigenvalue weighted by Gasteiger charge is -2.17. The van der Waals surface area contributed by atoms with Crippen molar-refractivity contribution in [1.82, 2.24) is 4.98 Å². The summed E-state index contributed by atoms with van der Waals surface area (Å²) < 4.78 is 0. The van der Waals surface area contributed by atoms with E-state index in [0.717, 1.165) is 5.69 Å². The van der Waals surface area contributed by atoms with E-state index in [1.54, 1.807) is 11.9 Å². The zero-order chi connectivity index (χ0) is 13.8. The number of hydrogen-bond acceptors (Lipinski definition) is 4. The van der Waals surface area contributed by atoms with Gasteiger partial charge in [0.2, 0.25) is 0 Å². The van der Waals surface area contributed by atoms with Gasteiger partial charge in [-0.1, -0.05) is 18.2 Å². The molecule has 6 nitrogen and oxygen atoms in total. The van der Waals surface area contributed by atoms with Crippen LogP contribution < -0.4 is 4.90 Å². The summed E-state index contributed by atoms with van der Waals surface area (Å²) in [6.45, 7) is 0.154. The minimum atomic E-state index is -0.534. The molecule has 0 saturated heterocycles. The van der Waals surface area contributed by atoms with E-state index in [1.165, 1.54) is 12.3 Å². The van der Waals surface area contributed by atoms with Gasteiger partial charge < -0.3 is 9.88 Å². The van der Waals surface area contributed by atoms with Gasteiger partial charge in [0.1, 0.15) is 0 Å². The molecule has 1 aromatic carbocycles. The molecule has 1 heterocycles. The number of nitrogens with zero attached hydrogens (tertiary/aromatic N) is 2. The highest BCUT2D eigenvalue weighted by Gasteiger charge is 2.15. The average Bonchev–Trinajstić information content (AvgIpc) is 2.89. The van der Waals surface area contributed by atoms with Gasteiger partial charge in [0.05, 0.1) is 23.4 Å². The number of aromatic nitrogens is 1. The molecule has 0 amide bonds. The van der Waals surface area contributed by atoms with Crippen molar-refractivity contribution in [2.75, 3.05) is 18.5 Å². The topological polar surface area (TPSA) is 79.2 Å². The zero-order valence-corrected chi connectivity index (χ0v) is 10.4. The Morgan fingerprint density at radius 2 is 2.05 bits per heavy atom. The summed E-state index contributed by atoms with van der Waals surface area (Å²) in [5.74, 6) is -0.195. The molecule has 2 rings (SSSR count). The van der Waals surface area contributed by atoms with Crippen molar-refractivity contribution in [2.45, 2.75) is 0 Å². The summed E-state index contributed by atoms with van der Waals surface area (Å²) in [6.07, 6.45) is 1.22. The third-order valence-electron chi connectivity index (χ3n) is 2.76. The van der Waals surface area contributed by atoms with Gasteiger partial charge in [-0.2, -0.15) is 0 Å². The number of para-hydroxylation sites is 1. The van der Waals surface area contributed by atoms with Crippen LogP contribution in [0.5, 0.6) is 0 Å². The van der Waals surface area contributed by atoms with Crippen LogP contribution in [0.15, 0.2) is 42.6 Å². The minimum Gasteiger partial charge on any atom is -0.367 e. The Morgan fingerprint density at radius 3 is 2.63 bits per heavy atom. The number of Topliss-reactive ketones (excluding diaryl/α,β-unsaturated/α-hetero) is 1. The van der Waals surface area contributed by atoms with Crippen molar-refractivity contribution in [3.63, 3.8) is 0 Å². The minimum absolute atomic E-state index is 0.106. The second-order valence-corrected chi connectivity index (χ2v) is 4.14. The number of nitrogens with one attached hydrogen (secondary N) is 1. The highest BCUT2D eigenvalue weighted by Crippen LogP contribution is 2.15. The lowest BCUT2D eigenvalue weighted by Crippen LogP contribution is -2.25. The molecule has 0 atom stereocenters. The summed E-state index contributed by atoms with van der Waals surface area (Å²) in [4.78, 5) is 26.4. The molecule has 2 aromatic rings. The van der Waals surface area contributed by atoms with Gasteiger partial charge in [-0.3, -0.25) is 14.9 Å². The Bertz CT molecular complexity index is 592. The fraction of sp³-hybridized carbons (Fsp3) is 0.154. The van der Waals surface area contributed by atoms with Gasteiger partial charge in [-0.15, -0.1) is 0 Å². The average molecular weight is 259 g/mol. The third kappa shape index (κ3) is 2.98. The molecule has 0 aliphatic rings. The number of H-pyrrole nitrogens is 1. The summed E-state index contributed by atoms with van der Waals surface area (Å²) in [5, 5.41) is 10.5. The SMILES string of the molecule is CN(CC(=O)c1cc([N+](=O)[O-])c[nH]1)c1ccccc1. The maximum Gasteiger partial charge on any atom is 0.287 e. The lowest BCUT2D eigenvalue weighted by molar-refractivity contribution is -0.384. The van der Waals surface area contributed by atoms with Crippen LogP contribution in [-0.4, -0.2) is 29.3 Å². The summed E-state index contributed by atoms with van der Waals surface area (Å²) in [5.41, 5.74) is 1.05. The van der Waals surface area contributed by atoms with Gasteiger partial charge in [-0.25, -0.2) is 0 Å². The molecular weight excluding hydrogens is 246 g/mol. The quantitative estimate of drug-likeness (QED) is 0.507. The summed E-state index contributed by atoms with van der Waals surface area (Å²) in [7, 11) is 1.80. The monoisotopic (exact) mass is 259 g/mol. The van der Waals surface area contributed by atoms with E-state index in [1.807, 2.05) is 30.3 Å². The molecular formula is C13H13N3O3. The van der Waals surface area contributed by atoms with Crippen LogP contribution in [0.2, 0.25) is 0 Å². The second-order valence-electron chi connectivity index (χ2n) is 4.14. The number of anilines is 1. The molecule has 1 N–H and O–H groups in total. The summed E-state index contributed by atoms with van der Waals surface area (Å²) >= 11 is 0. The number of hydrogen-bond donors (Lipinski definition) is 1. The Morgan fingerprint density at radius 1 is 1.37 bits per heavy atom. The number of ketones is 1. The molecule has 19 heavy (non-hydrogen) atoms. The Balaban J connectivity index is 2.06. The predicted molar refractivity (Wildman–Crippen MR) is 71.5 cm³/mol. The maximum atomic E-state index is 12.0. The molecule has 0 bridgehead atoms. The Labute approximate surface area is 109 Å². The van der Waals surface area contributed by atoms with Crippen molar-refractivity contribution < 1.29 is 9.72 Å². The first-order chi connectivity index (χ1) is 9.08. The molecule has 0 fully saturated rings. The first-order valence-electron chi connectivity index (χ1n) is 5.70. The molecule has 1 aromatic heterocycles. The van der Waals surface area contributed by atoms with E-state index < -0.39 is 4.92 Å². The summed E-state index contributed by atoms with van der Waals surface area (Å²) in [6, 6.07) is 10.7. The molecule has 0 aliphatic carbocycles. The van der Waals surface area contributed by atoms with Crippen molar-refractivity contribution in [3.8, 4) is 0 Å². The van der Waals surface area contributed by atoms with E-state index in [0.29, 0.717) is 0 Å². The van der Waals surface area contributed by atoms with Gasteiger partial charge in [0.15, 0.2) is 5.78 Å². The van der Waals surface area contributed by atoms with E-state index >= 15 is 0 Å². The predicted octanol–water partition coefficient (Wildman–Crippen LogP) is 2.24. The van der Waals surface area contributed by atoms with Crippen LogP contribution in [-0.2, 0) is 0 Å². The van der Waals surface area contributed by atoms with E-state index in [2.05, 4.69) is 4.98 Å². The molecule has 0 spiro atoms. The number of benzene rings is 1. The zero-order valence-electron chi connectivity index (χ0n) is 10.4. The number of rotatable bonds is 5.